The third-order valence-corrected chi connectivity index (χ3v) is 27.1. The fourth-order valence-corrected chi connectivity index (χ4v) is 20.7. The molecule has 29 aromatic rings. The minimum Gasteiger partial charge on any atom is -0.294 e. The number of hydrogen-bond acceptors (Lipinski definition) is 13. The van der Waals surface area contributed by atoms with E-state index >= 15 is 0 Å². The highest BCUT2D eigenvalue weighted by Crippen LogP contribution is 2.46. The van der Waals surface area contributed by atoms with Crippen molar-refractivity contribution in [3.8, 4) is 95.7 Å². The molecule has 0 saturated heterocycles. The minimum atomic E-state index is 0.854. The number of benzene rings is 13. The molecule has 0 radical (unpaired) electrons. The van der Waals surface area contributed by atoms with Crippen molar-refractivity contribution in [3.05, 3.63) is 451 Å². The van der Waals surface area contributed by atoms with Gasteiger partial charge in [0, 0.05) is 190 Å². The van der Waals surface area contributed by atoms with E-state index in [1.807, 2.05) is 153 Å². The highest BCUT2D eigenvalue weighted by Gasteiger charge is 2.24. The van der Waals surface area contributed by atoms with Crippen molar-refractivity contribution in [3.63, 3.8) is 0 Å². The van der Waals surface area contributed by atoms with Gasteiger partial charge in [-0.3, -0.25) is 58.6 Å². The second kappa shape index (κ2) is 32.9. The SMILES string of the molecule is c1ccc(-c2ccc3c(c2)c2c4ccccc4ccc2n3-c2ccc(-c3cc4cccnc4c4ncccc34)cn2)nc1.c1ccc2nc(-c3ccc(-n4c5ccc(-c6ccc(-c7cc8cccnc8c8ncccc78)cn6)cc5c5c6ccccc6ccc54)nc3)ccc2c1.c1cncc(-c2ccc3c(c2)c2c4ccccc4ccc2n3-c2ccc(-c3cc4cccnc4c4ncccc34)cn2)c1. The largest absolute Gasteiger partial charge is 0.294 e. The molecule has 0 spiro atoms. The van der Waals surface area contributed by atoms with E-state index < -0.39 is 0 Å². The molecule has 0 bridgehead atoms. The predicted octanol–water partition coefficient (Wildman–Crippen LogP) is 29.7. The first-order valence-electron chi connectivity index (χ1n) is 46.2. The Morgan fingerprint density at radius 2 is 0.504 bits per heavy atom. The monoisotopic (exact) mass is 1770 g/mol. The second-order valence-corrected chi connectivity index (χ2v) is 34.9. The van der Waals surface area contributed by atoms with Gasteiger partial charge in [-0.1, -0.05) is 188 Å². The Balaban J connectivity index is 0.000000106. The van der Waals surface area contributed by atoms with E-state index in [9.17, 15) is 0 Å². The molecule has 16 heteroatoms. The molecule has 0 unspecified atom stereocenters. The first kappa shape index (κ1) is 79.5. The molecule has 0 fully saturated rings. The van der Waals surface area contributed by atoms with Crippen molar-refractivity contribution in [1.82, 2.24) is 78.5 Å². The van der Waals surface area contributed by atoms with Gasteiger partial charge in [-0.25, -0.2) is 19.9 Å². The van der Waals surface area contributed by atoms with Crippen LogP contribution in [0.25, 0.3) is 270 Å². The third kappa shape index (κ3) is 13.6. The molecule has 0 amide bonds. The number of aromatic nitrogens is 16. The van der Waals surface area contributed by atoms with Crippen molar-refractivity contribution in [2.75, 3.05) is 0 Å². The van der Waals surface area contributed by atoms with Crippen LogP contribution in [-0.2, 0) is 0 Å². The van der Waals surface area contributed by atoms with Gasteiger partial charge in [0.1, 0.15) is 17.5 Å². The van der Waals surface area contributed by atoms with Gasteiger partial charge in [0.05, 0.1) is 88.8 Å². The lowest BCUT2D eigenvalue weighted by Crippen LogP contribution is -1.97. The quantitative estimate of drug-likeness (QED) is 0.118. The average Bonchev–Trinajstić information content (AvgIpc) is 1.58. The smallest absolute Gasteiger partial charge is 0.137 e. The zero-order valence-electron chi connectivity index (χ0n) is 74.4. The summed E-state index contributed by atoms with van der Waals surface area (Å²) in [6.45, 7) is 0. The van der Waals surface area contributed by atoms with E-state index in [1.54, 1.807) is 0 Å². The molecule has 0 aliphatic carbocycles. The lowest BCUT2D eigenvalue weighted by atomic mass is 9.98. The normalized spacial score (nSPS) is 11.7. The Kier molecular flexibility index (Phi) is 18.8. The van der Waals surface area contributed by atoms with Crippen LogP contribution in [0.5, 0.6) is 0 Å². The van der Waals surface area contributed by atoms with Crippen LogP contribution in [0.3, 0.4) is 0 Å². The number of hydrogen-bond donors (Lipinski definition) is 0. The molecule has 646 valence electrons. The number of para-hydroxylation sites is 1. The number of rotatable bonds is 10. The number of pyridine rings is 13. The zero-order chi connectivity index (χ0) is 91.5. The van der Waals surface area contributed by atoms with Crippen LogP contribution in [0.15, 0.2) is 451 Å². The Labute approximate surface area is 793 Å². The molecular formula is C123H74N16. The van der Waals surface area contributed by atoms with Crippen LogP contribution in [0.2, 0.25) is 0 Å². The summed E-state index contributed by atoms with van der Waals surface area (Å²) in [5.41, 5.74) is 27.6. The highest BCUT2D eigenvalue weighted by molar-refractivity contribution is 6.25. The standard InChI is InChI=1S/C47H28N6.2C38H23N5/c1-3-10-35-29(7-1)15-21-43-45(35)38-25-31(39-18-14-33(27-50-39)37-26-32-9-5-23-48-46(32)47-36(37)11-6-24-49-47)16-20-42(38)53(43)44-22-17-34(28-51-44)41-19-13-30-8-2-4-12-40(30)52-41;1-2-9-29-24(6-1)11-15-34-36(29)32-20-25(27-8-3-17-39-22-27)12-14-33(32)43(34)35-16-13-28(23-42-35)31-21-26-7-4-18-40-37(26)38-30(31)10-5-19-41-38;1-2-9-28-24(7-1)12-16-34-36(28)31-21-25(32-11-3-4-18-39-32)13-15-33(31)43(34)35-17-14-27(23-42-35)30-22-26-8-5-19-40-37(26)38-29(30)10-6-20-41-38/h1-28H;2*1-23H. The summed E-state index contributed by atoms with van der Waals surface area (Å²) in [7, 11) is 0. The third-order valence-electron chi connectivity index (χ3n) is 27.1. The average molecular weight is 1780 g/mol. The van der Waals surface area contributed by atoms with Gasteiger partial charge in [-0.05, 0) is 237 Å². The van der Waals surface area contributed by atoms with Crippen molar-refractivity contribution in [1.29, 1.82) is 0 Å². The fourth-order valence-electron chi connectivity index (χ4n) is 20.7. The van der Waals surface area contributed by atoms with Crippen LogP contribution in [0, 0.1) is 0 Å². The number of fused-ring (bicyclic) bond motifs is 25. The van der Waals surface area contributed by atoms with Gasteiger partial charge in [0.25, 0.3) is 0 Å². The summed E-state index contributed by atoms with van der Waals surface area (Å²) in [6.07, 6.45) is 24.4. The van der Waals surface area contributed by atoms with E-state index in [0.717, 1.165) is 211 Å². The van der Waals surface area contributed by atoms with Gasteiger partial charge < -0.3 is 0 Å². The molecule has 0 aliphatic heterocycles. The molecule has 0 aliphatic rings. The van der Waals surface area contributed by atoms with Crippen molar-refractivity contribution < 1.29 is 0 Å². The summed E-state index contributed by atoms with van der Waals surface area (Å²) >= 11 is 0. The van der Waals surface area contributed by atoms with E-state index in [2.05, 4.69) is 346 Å². The van der Waals surface area contributed by atoms with Gasteiger partial charge in [-0.15, -0.1) is 0 Å². The van der Waals surface area contributed by atoms with Gasteiger partial charge in [0.2, 0.25) is 0 Å². The maximum atomic E-state index is 5.06. The maximum Gasteiger partial charge on any atom is 0.137 e. The van der Waals surface area contributed by atoms with Gasteiger partial charge in [0.15, 0.2) is 0 Å². The Morgan fingerprint density at radius 1 is 0.165 bits per heavy atom. The zero-order valence-corrected chi connectivity index (χ0v) is 74.4. The van der Waals surface area contributed by atoms with Crippen molar-refractivity contribution in [2.24, 2.45) is 0 Å². The van der Waals surface area contributed by atoms with Crippen LogP contribution in [0.1, 0.15) is 0 Å². The first-order valence-corrected chi connectivity index (χ1v) is 46.2. The summed E-state index contributed by atoms with van der Waals surface area (Å²) in [4.78, 5) is 61.9. The summed E-state index contributed by atoms with van der Waals surface area (Å²) in [5, 5.41) is 21.9. The first-order chi connectivity index (χ1) is 68.9. The molecule has 16 heterocycles. The van der Waals surface area contributed by atoms with Crippen LogP contribution in [-0.4, -0.2) is 78.5 Å². The van der Waals surface area contributed by atoms with Crippen LogP contribution >= 0.6 is 0 Å². The highest BCUT2D eigenvalue weighted by atomic mass is 15.1. The molecule has 0 atom stereocenters. The lowest BCUT2D eigenvalue weighted by Gasteiger charge is -2.11. The topological polar surface area (TPSA) is 182 Å². The Bertz CT molecular complexity index is 9670. The lowest BCUT2D eigenvalue weighted by molar-refractivity contribution is 1.08. The van der Waals surface area contributed by atoms with E-state index in [4.69, 9.17) is 29.9 Å². The van der Waals surface area contributed by atoms with Gasteiger partial charge in [-0.2, -0.15) is 0 Å². The van der Waals surface area contributed by atoms with E-state index in [1.165, 1.54) is 59.2 Å². The van der Waals surface area contributed by atoms with E-state index in [-0.39, 0.29) is 0 Å². The molecular weight excluding hydrogens is 1700 g/mol. The van der Waals surface area contributed by atoms with Crippen LogP contribution < -0.4 is 0 Å². The predicted molar refractivity (Wildman–Crippen MR) is 567 cm³/mol. The van der Waals surface area contributed by atoms with E-state index in [0.29, 0.717) is 0 Å². The van der Waals surface area contributed by atoms with Crippen molar-refractivity contribution >= 4 is 174 Å². The fraction of sp³-hybridized carbons (Fsp3) is 0. The van der Waals surface area contributed by atoms with Crippen LogP contribution in [0.4, 0.5) is 0 Å². The molecule has 29 rings (SSSR count). The summed E-state index contributed by atoms with van der Waals surface area (Å²) in [5.74, 6) is 2.60. The maximum absolute atomic E-state index is 5.06. The minimum absolute atomic E-state index is 0.854. The number of nitrogens with zero attached hydrogens (tertiary/aromatic N) is 16. The molecule has 16 aromatic heterocycles. The molecule has 16 nitrogen and oxygen atoms in total. The molecule has 0 saturated carbocycles. The Morgan fingerprint density at radius 3 is 0.928 bits per heavy atom. The van der Waals surface area contributed by atoms with Gasteiger partial charge >= 0.3 is 0 Å². The molecule has 139 heavy (non-hydrogen) atoms. The summed E-state index contributed by atoms with van der Waals surface area (Å²) in [6, 6.07) is 129. The summed E-state index contributed by atoms with van der Waals surface area (Å²) < 4.78 is 6.81. The molecule has 13 aromatic carbocycles. The van der Waals surface area contributed by atoms with Crippen molar-refractivity contribution in [2.45, 2.75) is 0 Å². The second-order valence-electron chi connectivity index (χ2n) is 34.9. The Hall–Kier alpha value is -19.2. The molecule has 0 N–H and O–H groups in total.